The molecule has 1 spiro atoms. The first-order valence-electron chi connectivity index (χ1n) is 13.6. The number of benzene rings is 1. The van der Waals surface area contributed by atoms with Crippen molar-refractivity contribution in [1.82, 2.24) is 19.6 Å². The summed E-state index contributed by atoms with van der Waals surface area (Å²) < 4.78 is 0. The minimum absolute atomic E-state index is 0.0119. The molecule has 4 amide bonds. The van der Waals surface area contributed by atoms with Crippen molar-refractivity contribution in [1.29, 1.82) is 0 Å². The Morgan fingerprint density at radius 1 is 1.03 bits per heavy atom. The Balaban J connectivity index is 1.36. The van der Waals surface area contributed by atoms with Crippen LogP contribution in [0.1, 0.15) is 63.4 Å². The number of likely N-dealkylation sites (tertiary alicyclic amines) is 1. The molecule has 1 aromatic carbocycles. The first kappa shape index (κ1) is 25.1. The molecule has 2 aliphatic heterocycles. The van der Waals surface area contributed by atoms with Gasteiger partial charge < -0.3 is 20.4 Å². The second-order valence-electron chi connectivity index (χ2n) is 11.7. The summed E-state index contributed by atoms with van der Waals surface area (Å²) in [5, 5.41) is 0. The lowest BCUT2D eigenvalue weighted by molar-refractivity contribution is -0.137. The summed E-state index contributed by atoms with van der Waals surface area (Å²) in [5.74, 6) is -0.0492. The molecule has 1 unspecified atom stereocenters. The van der Waals surface area contributed by atoms with E-state index in [1.54, 1.807) is 9.80 Å². The van der Waals surface area contributed by atoms with Gasteiger partial charge in [0.2, 0.25) is 11.8 Å². The summed E-state index contributed by atoms with van der Waals surface area (Å²) in [6.45, 7) is 1.94. The third-order valence-corrected chi connectivity index (χ3v) is 9.63. The number of urea groups is 1. The van der Waals surface area contributed by atoms with E-state index in [0.717, 1.165) is 38.6 Å². The number of carbonyl (C=O) groups excluding carboxylic acids is 3. The molecule has 1 atom stereocenters. The van der Waals surface area contributed by atoms with Crippen molar-refractivity contribution in [3.8, 4) is 0 Å². The van der Waals surface area contributed by atoms with Crippen LogP contribution in [0.2, 0.25) is 0 Å². The molecule has 0 bridgehead atoms. The molecule has 2 heterocycles. The molecule has 2 saturated carbocycles. The molecule has 8 nitrogen and oxygen atoms in total. The lowest BCUT2D eigenvalue weighted by atomic mass is 9.68. The maximum absolute atomic E-state index is 13.8. The highest BCUT2D eigenvalue weighted by molar-refractivity contribution is 5.90. The standard InChI is InChI=1S/C28H41N5O3/c1-30(2)28(22-10-4-3-5-11-22)15-13-27(14-16-28)20-31(26(36)33(27)18-21-8-6-9-21)19-24(34)32-17-7-12-23(32)25(29)35/h3-5,10-11,21,23H,6-9,12-20H2,1-2H3,(H2,29,35)/t23?,27-,28+. The molecule has 2 aliphatic carbocycles. The van der Waals surface area contributed by atoms with Gasteiger partial charge in [-0.1, -0.05) is 36.8 Å². The monoisotopic (exact) mass is 495 g/mol. The van der Waals surface area contributed by atoms with E-state index in [0.29, 0.717) is 25.4 Å². The summed E-state index contributed by atoms with van der Waals surface area (Å²) in [6.07, 6.45) is 8.75. The van der Waals surface area contributed by atoms with Gasteiger partial charge in [0.25, 0.3) is 0 Å². The van der Waals surface area contributed by atoms with E-state index < -0.39 is 11.9 Å². The van der Waals surface area contributed by atoms with Crippen LogP contribution in [-0.4, -0.2) is 89.3 Å². The van der Waals surface area contributed by atoms with Gasteiger partial charge in [0.05, 0.1) is 5.54 Å². The van der Waals surface area contributed by atoms with E-state index in [1.807, 2.05) is 0 Å². The third-order valence-electron chi connectivity index (χ3n) is 9.63. The molecule has 2 N–H and O–H groups in total. The van der Waals surface area contributed by atoms with Gasteiger partial charge in [0.1, 0.15) is 12.6 Å². The number of carbonyl (C=O) groups is 3. The van der Waals surface area contributed by atoms with Crippen LogP contribution in [0.4, 0.5) is 4.79 Å². The molecular weight excluding hydrogens is 454 g/mol. The Bertz CT molecular complexity index is 984. The van der Waals surface area contributed by atoms with Gasteiger partial charge in [-0.05, 0) is 76.9 Å². The highest BCUT2D eigenvalue weighted by atomic mass is 16.2. The number of hydrogen-bond acceptors (Lipinski definition) is 4. The van der Waals surface area contributed by atoms with Crippen molar-refractivity contribution in [2.24, 2.45) is 11.7 Å². The van der Waals surface area contributed by atoms with Crippen LogP contribution in [0.3, 0.4) is 0 Å². The lowest BCUT2D eigenvalue weighted by Gasteiger charge is -2.51. The summed E-state index contributed by atoms with van der Waals surface area (Å²) in [5.41, 5.74) is 6.58. The van der Waals surface area contributed by atoms with Crippen LogP contribution in [-0.2, 0) is 15.1 Å². The van der Waals surface area contributed by atoms with Crippen LogP contribution in [0.15, 0.2) is 30.3 Å². The van der Waals surface area contributed by atoms with Crippen LogP contribution in [0.5, 0.6) is 0 Å². The van der Waals surface area contributed by atoms with Gasteiger partial charge in [-0.2, -0.15) is 0 Å². The topological polar surface area (TPSA) is 90.2 Å². The maximum atomic E-state index is 13.8. The van der Waals surface area contributed by atoms with Gasteiger partial charge in [0, 0.05) is 25.2 Å². The first-order chi connectivity index (χ1) is 17.3. The number of hydrogen-bond donors (Lipinski definition) is 1. The number of nitrogens with zero attached hydrogens (tertiary/aromatic N) is 4. The summed E-state index contributed by atoms with van der Waals surface area (Å²) in [7, 11) is 4.32. The second kappa shape index (κ2) is 9.69. The zero-order valence-corrected chi connectivity index (χ0v) is 21.8. The van der Waals surface area contributed by atoms with Gasteiger partial charge in [-0.3, -0.25) is 14.5 Å². The molecule has 0 radical (unpaired) electrons. The molecule has 196 valence electrons. The van der Waals surface area contributed by atoms with Crippen molar-refractivity contribution in [3.63, 3.8) is 0 Å². The largest absolute Gasteiger partial charge is 0.368 e. The predicted octanol–water partition coefficient (Wildman–Crippen LogP) is 2.77. The predicted molar refractivity (Wildman–Crippen MR) is 138 cm³/mol. The summed E-state index contributed by atoms with van der Waals surface area (Å²) in [6, 6.07) is 10.2. The fourth-order valence-corrected chi connectivity index (χ4v) is 7.13. The number of primary amides is 1. The van der Waals surface area contributed by atoms with E-state index in [1.165, 1.54) is 24.8 Å². The van der Waals surface area contributed by atoms with E-state index in [-0.39, 0.29) is 29.6 Å². The first-order valence-corrected chi connectivity index (χ1v) is 13.6. The van der Waals surface area contributed by atoms with E-state index in [9.17, 15) is 14.4 Å². The number of rotatable bonds is 7. The van der Waals surface area contributed by atoms with Gasteiger partial charge in [0.15, 0.2) is 0 Å². The molecule has 36 heavy (non-hydrogen) atoms. The van der Waals surface area contributed by atoms with Crippen molar-refractivity contribution in [2.75, 3.05) is 40.3 Å². The fraction of sp³-hybridized carbons (Fsp3) is 0.679. The molecule has 8 heteroatoms. The van der Waals surface area contributed by atoms with Crippen molar-refractivity contribution in [2.45, 2.75) is 74.9 Å². The Hall–Kier alpha value is -2.61. The van der Waals surface area contributed by atoms with Crippen molar-refractivity contribution in [3.05, 3.63) is 35.9 Å². The SMILES string of the molecule is CN(C)[C@]1(c2ccccc2)CC[C@]2(CC1)CN(CC(=O)N1CCCC1C(N)=O)C(=O)N2CC1CCC1. The Morgan fingerprint density at radius 3 is 2.31 bits per heavy atom. The van der Waals surface area contributed by atoms with Gasteiger partial charge >= 0.3 is 6.03 Å². The van der Waals surface area contributed by atoms with Crippen LogP contribution < -0.4 is 5.73 Å². The average molecular weight is 496 g/mol. The normalized spacial score (nSPS) is 30.9. The van der Waals surface area contributed by atoms with Gasteiger partial charge in [-0.15, -0.1) is 0 Å². The van der Waals surface area contributed by atoms with E-state index in [4.69, 9.17) is 5.73 Å². The Morgan fingerprint density at radius 2 is 1.72 bits per heavy atom. The van der Waals surface area contributed by atoms with E-state index in [2.05, 4.69) is 54.2 Å². The smallest absolute Gasteiger partial charge is 0.321 e. The van der Waals surface area contributed by atoms with Crippen molar-refractivity contribution >= 4 is 17.8 Å². The average Bonchev–Trinajstić information content (AvgIpc) is 3.42. The summed E-state index contributed by atoms with van der Waals surface area (Å²) in [4.78, 5) is 46.6. The molecule has 1 aromatic rings. The lowest BCUT2D eigenvalue weighted by Crippen LogP contribution is -2.56. The Kier molecular flexibility index (Phi) is 6.74. The van der Waals surface area contributed by atoms with Crippen LogP contribution in [0.25, 0.3) is 0 Å². The Labute approximate surface area is 214 Å². The quantitative estimate of drug-likeness (QED) is 0.630. The minimum atomic E-state index is -0.545. The number of amides is 4. The van der Waals surface area contributed by atoms with Crippen LogP contribution >= 0.6 is 0 Å². The fourth-order valence-electron chi connectivity index (χ4n) is 7.13. The molecule has 4 aliphatic rings. The second-order valence-corrected chi connectivity index (χ2v) is 11.7. The molecular formula is C28H41N5O3. The molecule has 0 aromatic heterocycles. The van der Waals surface area contributed by atoms with Gasteiger partial charge in [-0.25, -0.2) is 4.79 Å². The summed E-state index contributed by atoms with van der Waals surface area (Å²) >= 11 is 0. The third kappa shape index (κ3) is 4.27. The minimum Gasteiger partial charge on any atom is -0.368 e. The molecule has 4 fully saturated rings. The highest BCUT2D eigenvalue weighted by Gasteiger charge is 2.55. The number of nitrogens with two attached hydrogens (primary N) is 1. The zero-order chi connectivity index (χ0) is 25.5. The van der Waals surface area contributed by atoms with Crippen molar-refractivity contribution < 1.29 is 14.4 Å². The zero-order valence-electron chi connectivity index (χ0n) is 21.8. The molecule has 2 saturated heterocycles. The molecule has 5 rings (SSSR count). The highest BCUT2D eigenvalue weighted by Crippen LogP contribution is 2.49. The van der Waals surface area contributed by atoms with E-state index >= 15 is 0 Å². The van der Waals surface area contributed by atoms with Crippen LogP contribution in [0, 0.1) is 5.92 Å². The maximum Gasteiger partial charge on any atom is 0.321 e.